The van der Waals surface area contributed by atoms with Crippen LogP contribution in [0.25, 0.3) is 0 Å². The van der Waals surface area contributed by atoms with Gasteiger partial charge in [-0.1, -0.05) is 13.8 Å². The summed E-state index contributed by atoms with van der Waals surface area (Å²) in [4.78, 5) is 11.7. The zero-order valence-electron chi connectivity index (χ0n) is 12.0. The molecule has 0 saturated carbocycles. The van der Waals surface area contributed by atoms with Crippen molar-refractivity contribution >= 4 is 0 Å². The number of nitrogens with zero attached hydrogens (tertiary/aromatic N) is 3. The highest BCUT2D eigenvalue weighted by molar-refractivity contribution is 5.30. The van der Waals surface area contributed by atoms with Crippen molar-refractivity contribution in [1.82, 2.24) is 20.2 Å². The Balaban J connectivity index is 2.29. The first-order valence-electron chi connectivity index (χ1n) is 6.82. The minimum absolute atomic E-state index is 0.484. The van der Waals surface area contributed by atoms with Crippen LogP contribution in [-0.4, -0.2) is 42.1 Å². The molecule has 0 amide bonds. The van der Waals surface area contributed by atoms with Crippen LogP contribution in [-0.2, 0) is 19.4 Å². The molecule has 0 fully saturated rings. The molecule has 0 saturated heterocycles. The fraction of sp³-hybridized carbons (Fsp3) is 0.714. The molecule has 2 rings (SSSR count). The number of hydrogen-bond acceptors (Lipinski definition) is 4. The molecule has 18 heavy (non-hydrogen) atoms. The third-order valence-corrected chi connectivity index (χ3v) is 3.34. The second kappa shape index (κ2) is 5.76. The topological polar surface area (TPSA) is 41.1 Å². The lowest BCUT2D eigenvalue weighted by atomic mass is 9.97. The molecule has 100 valence electrons. The summed E-state index contributed by atoms with van der Waals surface area (Å²) in [5, 5.41) is 3.40. The first-order valence-corrected chi connectivity index (χ1v) is 6.82. The summed E-state index contributed by atoms with van der Waals surface area (Å²) in [5.74, 6) is 1.48. The van der Waals surface area contributed by atoms with Crippen LogP contribution < -0.4 is 5.32 Å². The Morgan fingerprint density at radius 1 is 1.28 bits per heavy atom. The average Bonchev–Trinajstić information content (AvgIpc) is 2.35. The van der Waals surface area contributed by atoms with Crippen LogP contribution in [0.4, 0.5) is 0 Å². The molecule has 0 bridgehead atoms. The second-order valence-corrected chi connectivity index (χ2v) is 5.59. The van der Waals surface area contributed by atoms with Gasteiger partial charge in [-0.25, -0.2) is 9.97 Å². The third-order valence-electron chi connectivity index (χ3n) is 3.34. The lowest BCUT2D eigenvalue weighted by molar-refractivity contribution is 0.408. The van der Waals surface area contributed by atoms with Gasteiger partial charge in [-0.3, -0.25) is 0 Å². The van der Waals surface area contributed by atoms with Crippen LogP contribution in [0.1, 0.15) is 42.5 Å². The molecule has 0 aromatic carbocycles. The lowest BCUT2D eigenvalue weighted by Crippen LogP contribution is -2.28. The van der Waals surface area contributed by atoms with Crippen LogP contribution in [0.15, 0.2) is 0 Å². The Bertz CT molecular complexity index is 413. The summed E-state index contributed by atoms with van der Waals surface area (Å²) in [7, 11) is 4.17. The quantitative estimate of drug-likeness (QED) is 0.873. The predicted octanol–water partition coefficient (Wildman–Crippen LogP) is 1.35. The fourth-order valence-electron chi connectivity index (χ4n) is 2.35. The van der Waals surface area contributed by atoms with Gasteiger partial charge in [0.1, 0.15) is 5.82 Å². The lowest BCUT2D eigenvalue weighted by Gasteiger charge is -2.22. The molecule has 4 nitrogen and oxygen atoms in total. The van der Waals surface area contributed by atoms with E-state index in [1.807, 2.05) is 0 Å². The van der Waals surface area contributed by atoms with E-state index in [9.17, 15) is 0 Å². The van der Waals surface area contributed by atoms with E-state index >= 15 is 0 Å². The smallest absolute Gasteiger partial charge is 0.130 e. The van der Waals surface area contributed by atoms with Crippen molar-refractivity contribution in [3.63, 3.8) is 0 Å². The highest BCUT2D eigenvalue weighted by Crippen LogP contribution is 2.22. The van der Waals surface area contributed by atoms with Gasteiger partial charge in [-0.15, -0.1) is 0 Å². The van der Waals surface area contributed by atoms with Gasteiger partial charge in [-0.2, -0.15) is 0 Å². The van der Waals surface area contributed by atoms with E-state index in [0.29, 0.717) is 5.92 Å². The molecule has 1 aromatic rings. The Kier molecular flexibility index (Phi) is 4.30. The van der Waals surface area contributed by atoms with Gasteiger partial charge in [0, 0.05) is 19.5 Å². The van der Waals surface area contributed by atoms with Crippen molar-refractivity contribution in [1.29, 1.82) is 0 Å². The molecular formula is C14H24N4. The van der Waals surface area contributed by atoms with Crippen LogP contribution >= 0.6 is 0 Å². The molecule has 1 aliphatic heterocycles. The van der Waals surface area contributed by atoms with Gasteiger partial charge in [0.05, 0.1) is 11.4 Å². The summed E-state index contributed by atoms with van der Waals surface area (Å²) < 4.78 is 0. The zero-order valence-corrected chi connectivity index (χ0v) is 12.0. The summed E-state index contributed by atoms with van der Waals surface area (Å²) in [6.45, 7) is 7.39. The maximum Gasteiger partial charge on any atom is 0.130 e. The summed E-state index contributed by atoms with van der Waals surface area (Å²) in [6.07, 6.45) is 2.00. The third kappa shape index (κ3) is 3.06. The van der Waals surface area contributed by atoms with E-state index in [1.165, 1.54) is 17.0 Å². The van der Waals surface area contributed by atoms with Crippen LogP contribution in [0.2, 0.25) is 0 Å². The minimum atomic E-state index is 0.484. The molecule has 0 atom stereocenters. The summed E-state index contributed by atoms with van der Waals surface area (Å²) >= 11 is 0. The zero-order chi connectivity index (χ0) is 13.1. The molecular weight excluding hydrogens is 224 g/mol. The van der Waals surface area contributed by atoms with E-state index in [1.54, 1.807) is 0 Å². The maximum atomic E-state index is 4.79. The standard InChI is InChI=1S/C14H24N4/c1-10(2)14-11-5-7-15-9-12(11)16-13(17-14)6-8-18(3)4/h10,15H,5-9H2,1-4H3. The van der Waals surface area contributed by atoms with Gasteiger partial charge in [0.25, 0.3) is 0 Å². The molecule has 4 heteroatoms. The monoisotopic (exact) mass is 248 g/mol. The maximum absolute atomic E-state index is 4.79. The van der Waals surface area contributed by atoms with E-state index in [2.05, 4.69) is 38.2 Å². The Labute approximate surface area is 110 Å². The van der Waals surface area contributed by atoms with Crippen LogP contribution in [0.5, 0.6) is 0 Å². The predicted molar refractivity (Wildman–Crippen MR) is 73.8 cm³/mol. The van der Waals surface area contributed by atoms with E-state index < -0.39 is 0 Å². The van der Waals surface area contributed by atoms with E-state index in [0.717, 1.165) is 38.3 Å². The van der Waals surface area contributed by atoms with E-state index in [4.69, 9.17) is 9.97 Å². The summed E-state index contributed by atoms with van der Waals surface area (Å²) in [5.41, 5.74) is 3.86. The second-order valence-electron chi connectivity index (χ2n) is 5.59. The normalized spacial score (nSPS) is 15.2. The van der Waals surface area contributed by atoms with Gasteiger partial charge < -0.3 is 10.2 Å². The molecule has 2 heterocycles. The first kappa shape index (κ1) is 13.4. The number of aromatic nitrogens is 2. The number of nitrogens with one attached hydrogen (secondary N) is 1. The minimum Gasteiger partial charge on any atom is -0.311 e. The largest absolute Gasteiger partial charge is 0.311 e. The van der Waals surface area contributed by atoms with Crippen molar-refractivity contribution < 1.29 is 0 Å². The molecule has 1 N–H and O–H groups in total. The van der Waals surface area contributed by atoms with Crippen molar-refractivity contribution in [3.05, 3.63) is 22.8 Å². The van der Waals surface area contributed by atoms with E-state index in [-0.39, 0.29) is 0 Å². The van der Waals surface area contributed by atoms with Crippen molar-refractivity contribution in [2.45, 2.75) is 39.2 Å². The number of likely N-dealkylation sites (N-methyl/N-ethyl adjacent to an activating group) is 1. The van der Waals surface area contributed by atoms with Crippen molar-refractivity contribution in [2.75, 3.05) is 27.2 Å². The van der Waals surface area contributed by atoms with Gasteiger partial charge in [-0.05, 0) is 38.5 Å². The Morgan fingerprint density at radius 2 is 2.06 bits per heavy atom. The molecule has 0 unspecified atom stereocenters. The van der Waals surface area contributed by atoms with Crippen molar-refractivity contribution in [3.8, 4) is 0 Å². The SMILES string of the molecule is CC(C)c1nc(CCN(C)C)nc2c1CCNC2. The summed E-state index contributed by atoms with van der Waals surface area (Å²) in [6, 6.07) is 0. The van der Waals surface area contributed by atoms with Crippen molar-refractivity contribution in [2.24, 2.45) is 0 Å². The van der Waals surface area contributed by atoms with Gasteiger partial charge >= 0.3 is 0 Å². The van der Waals surface area contributed by atoms with Crippen LogP contribution in [0, 0.1) is 0 Å². The molecule has 1 aliphatic rings. The fourth-order valence-corrected chi connectivity index (χ4v) is 2.35. The molecule has 1 aromatic heterocycles. The highest BCUT2D eigenvalue weighted by Gasteiger charge is 2.19. The Hall–Kier alpha value is -1.00. The van der Waals surface area contributed by atoms with Crippen LogP contribution in [0.3, 0.4) is 0 Å². The number of hydrogen-bond donors (Lipinski definition) is 1. The Morgan fingerprint density at radius 3 is 2.72 bits per heavy atom. The molecule has 0 radical (unpaired) electrons. The average molecular weight is 248 g/mol. The first-order chi connectivity index (χ1) is 8.58. The number of rotatable bonds is 4. The van der Waals surface area contributed by atoms with Gasteiger partial charge in [0.15, 0.2) is 0 Å². The highest BCUT2D eigenvalue weighted by atomic mass is 15.1. The molecule has 0 spiro atoms. The van der Waals surface area contributed by atoms with Gasteiger partial charge in [0.2, 0.25) is 0 Å². The number of fused-ring (bicyclic) bond motifs is 1. The molecule has 0 aliphatic carbocycles.